The van der Waals surface area contributed by atoms with Gasteiger partial charge in [0.2, 0.25) is 0 Å². The molecule has 0 radical (unpaired) electrons. The second-order valence-electron chi connectivity index (χ2n) is 23.4. The molecule has 5 heteroatoms. The third kappa shape index (κ3) is 9.42. The van der Waals surface area contributed by atoms with E-state index >= 15 is 0 Å². The van der Waals surface area contributed by atoms with E-state index in [2.05, 4.69) is 184 Å². The van der Waals surface area contributed by atoms with E-state index in [9.17, 15) is 2.74 Å². The van der Waals surface area contributed by atoms with Gasteiger partial charge in [-0.2, -0.15) is 0 Å². The molecular weight excluding hydrogens is 925 g/mol. The van der Waals surface area contributed by atoms with Gasteiger partial charge in [0.15, 0.2) is 0 Å². The van der Waals surface area contributed by atoms with Gasteiger partial charge in [0.05, 0.1) is 40.3 Å². The summed E-state index contributed by atoms with van der Waals surface area (Å²) >= 11 is 0. The van der Waals surface area contributed by atoms with E-state index in [1.807, 2.05) is 75.9 Å². The summed E-state index contributed by atoms with van der Waals surface area (Å²) in [5.74, 6) is 2.49. The predicted molar refractivity (Wildman–Crippen MR) is 318 cm³/mol. The fraction of sp³-hybridized carbons (Fsp3) is 0.239. The molecule has 0 spiro atoms. The molecule has 0 saturated carbocycles. The molecule has 0 unspecified atom stereocenters. The van der Waals surface area contributed by atoms with Gasteiger partial charge < -0.3 is 4.74 Å². The number of para-hydroxylation sites is 4. The van der Waals surface area contributed by atoms with Crippen molar-refractivity contribution in [3.05, 3.63) is 223 Å². The number of imidazole rings is 1. The van der Waals surface area contributed by atoms with Crippen LogP contribution in [0.4, 0.5) is 0 Å². The number of hydrogen-bond acceptors (Lipinski definition) is 2. The van der Waals surface area contributed by atoms with Crippen LogP contribution in [0, 0.1) is 6.33 Å². The number of pyridine rings is 1. The summed E-state index contributed by atoms with van der Waals surface area (Å²) in [6.45, 7) is 24.6. The molecule has 0 amide bonds. The zero-order valence-corrected chi connectivity index (χ0v) is 45.8. The van der Waals surface area contributed by atoms with Gasteiger partial charge >= 0.3 is 0 Å². The largest absolute Gasteiger partial charge is 0.458 e. The summed E-state index contributed by atoms with van der Waals surface area (Å²) in [5.41, 5.74) is 14.4. The normalized spacial score (nSPS) is 13.3. The number of rotatable bonds is 11. The first-order chi connectivity index (χ1) is 38.5. The van der Waals surface area contributed by atoms with Crippen LogP contribution in [0.15, 0.2) is 194 Å². The van der Waals surface area contributed by atoms with Crippen LogP contribution in [0.5, 0.6) is 11.5 Å². The van der Waals surface area contributed by atoms with Crippen molar-refractivity contribution < 1.29 is 16.2 Å². The number of benzene rings is 8. The Morgan fingerprint density at radius 1 is 0.539 bits per heavy atom. The van der Waals surface area contributed by atoms with Crippen molar-refractivity contribution in [1.82, 2.24) is 14.1 Å². The topological polar surface area (TPSA) is 35.9 Å². The van der Waals surface area contributed by atoms with Crippen LogP contribution in [-0.2, 0) is 16.2 Å². The highest BCUT2D eigenvalue weighted by atomic mass is 16.5. The van der Waals surface area contributed by atoms with Crippen molar-refractivity contribution in [2.75, 3.05) is 0 Å². The zero-order chi connectivity index (χ0) is 57.4. The van der Waals surface area contributed by atoms with Gasteiger partial charge in [-0.05, 0) is 128 Å². The molecule has 0 bridgehead atoms. The van der Waals surface area contributed by atoms with Gasteiger partial charge in [-0.3, -0.25) is 13.7 Å². The minimum Gasteiger partial charge on any atom is -0.458 e. The summed E-state index contributed by atoms with van der Waals surface area (Å²) in [5, 5.41) is 2.23. The van der Waals surface area contributed by atoms with Crippen LogP contribution in [0.3, 0.4) is 0 Å². The van der Waals surface area contributed by atoms with E-state index in [0.717, 1.165) is 85.0 Å². The van der Waals surface area contributed by atoms with E-state index in [1.54, 1.807) is 0 Å². The molecule has 5 nitrogen and oxygen atoms in total. The highest BCUT2D eigenvalue weighted by molar-refractivity contribution is 6.09. The summed E-state index contributed by atoms with van der Waals surface area (Å²) in [4.78, 5) is 5.25. The first-order valence-corrected chi connectivity index (χ1v) is 26.8. The molecule has 0 aliphatic heterocycles. The summed E-state index contributed by atoms with van der Waals surface area (Å²) < 4.78 is 57.7. The molecule has 0 aliphatic rings. The maximum atomic E-state index is 9.27. The van der Waals surface area contributed by atoms with Crippen molar-refractivity contribution in [2.24, 2.45) is 0 Å². The fourth-order valence-electron chi connectivity index (χ4n) is 10.8. The van der Waals surface area contributed by atoms with Crippen LogP contribution in [0.2, 0.25) is 0 Å². The van der Waals surface area contributed by atoms with Crippen molar-refractivity contribution in [3.63, 3.8) is 0 Å². The lowest BCUT2D eigenvalue weighted by atomic mass is 9.78. The molecule has 76 heavy (non-hydrogen) atoms. The van der Waals surface area contributed by atoms with E-state index in [-0.39, 0.29) is 33.9 Å². The van der Waals surface area contributed by atoms with Gasteiger partial charge in [0.1, 0.15) is 17.3 Å². The van der Waals surface area contributed by atoms with Gasteiger partial charge in [-0.15, -0.1) is 0 Å². The van der Waals surface area contributed by atoms with Gasteiger partial charge in [0, 0.05) is 28.6 Å². The molecule has 8 aromatic carbocycles. The molecule has 11 aromatic rings. The van der Waals surface area contributed by atoms with Crippen molar-refractivity contribution in [1.29, 1.82) is 0 Å². The standard InChI is InChI=1S/C71H70N4O/c1-12-47(13-2)61-44-67(72-45-62(61)49-33-35-51(36-34-49)69(3,4)5)75-63-30-18-17-27-59(63)60-38-37-56(43-66(60)75)76-55-26-21-25-54(42-55)73-46-74(65-32-20-19-31-64(65)73)68-57(48-23-15-14-16-24-48)28-22-29-58(68)50-39-52(70(6,7)8)41-53(40-50)71(9,10)11/h14-45,47H,12-13H2,1-11H3/i14D,15D,16D,23D,24D. The Balaban J connectivity index is 1.05. The Hall–Kier alpha value is -8.02. The second-order valence-corrected chi connectivity index (χ2v) is 23.4. The maximum absolute atomic E-state index is 9.27. The molecule has 0 N–H and O–H groups in total. The monoisotopic (exact) mass is 1000 g/mol. The molecule has 11 rings (SSSR count). The number of fused-ring (bicyclic) bond motifs is 4. The van der Waals surface area contributed by atoms with Crippen molar-refractivity contribution in [2.45, 2.75) is 111 Å². The van der Waals surface area contributed by atoms with E-state index in [4.69, 9.17) is 13.8 Å². The second kappa shape index (κ2) is 19.6. The van der Waals surface area contributed by atoms with Crippen molar-refractivity contribution >= 4 is 32.8 Å². The minimum absolute atomic E-state index is 0.0567. The highest BCUT2D eigenvalue weighted by Gasteiger charge is 2.26. The molecule has 3 aromatic heterocycles. The third-order valence-corrected chi connectivity index (χ3v) is 15.2. The first-order valence-electron chi connectivity index (χ1n) is 29.3. The van der Waals surface area contributed by atoms with E-state index in [1.165, 1.54) is 16.7 Å². The molecule has 0 fully saturated rings. The Morgan fingerprint density at radius 3 is 1.84 bits per heavy atom. The van der Waals surface area contributed by atoms with Gasteiger partial charge in [-0.1, -0.05) is 216 Å². The SMILES string of the molecule is [2H]c1c([2H])c([2H])c(-c2cccc(-c3cc(C(C)(C)C)cc(C(C)(C)C)c3)c2-[n+]2[c-]n(-c3cccc(Oc4ccc5c6ccccc6n(-c6cc(C(CC)CC)c(-c7ccc(C(C)(C)C)cc7)cn6)c5c4)c3)c3ccccc32)c([2H])c1[2H]. The van der Waals surface area contributed by atoms with Crippen LogP contribution in [0.25, 0.3) is 83.4 Å². The van der Waals surface area contributed by atoms with Crippen LogP contribution >= 0.6 is 0 Å². The Morgan fingerprint density at radius 2 is 1.16 bits per heavy atom. The molecule has 0 atom stereocenters. The fourth-order valence-corrected chi connectivity index (χ4v) is 10.8. The molecule has 380 valence electrons. The molecule has 0 saturated heterocycles. The third-order valence-electron chi connectivity index (χ3n) is 15.2. The quantitative estimate of drug-likeness (QED) is 0.0956. The Bertz CT molecular complexity index is 4180. The summed E-state index contributed by atoms with van der Waals surface area (Å²) in [6.07, 6.45) is 7.81. The van der Waals surface area contributed by atoms with Crippen LogP contribution < -0.4 is 9.30 Å². The molecule has 0 aliphatic carbocycles. The van der Waals surface area contributed by atoms with E-state index < -0.39 is 18.1 Å². The van der Waals surface area contributed by atoms with Gasteiger partial charge in [0.25, 0.3) is 6.33 Å². The number of hydrogen-bond donors (Lipinski definition) is 0. The minimum atomic E-state index is -0.439. The zero-order valence-electron chi connectivity index (χ0n) is 50.8. The number of ether oxygens (including phenoxy) is 1. The average molecular weight is 1000 g/mol. The lowest BCUT2D eigenvalue weighted by molar-refractivity contribution is -0.571. The van der Waals surface area contributed by atoms with E-state index in [0.29, 0.717) is 28.7 Å². The average Bonchev–Trinajstić information content (AvgIpc) is 3.54. The van der Waals surface area contributed by atoms with Crippen LogP contribution in [-0.4, -0.2) is 14.1 Å². The predicted octanol–water partition coefficient (Wildman–Crippen LogP) is 18.8. The number of aromatic nitrogens is 4. The number of nitrogens with zero attached hydrogens (tertiary/aromatic N) is 4. The molecule has 3 heterocycles. The molecular formula is C71H70N4O. The Labute approximate surface area is 457 Å². The smallest absolute Gasteiger partial charge is 0.269 e. The maximum Gasteiger partial charge on any atom is 0.269 e. The lowest BCUT2D eigenvalue weighted by Gasteiger charge is -2.27. The first kappa shape index (κ1) is 44.3. The highest BCUT2D eigenvalue weighted by Crippen LogP contribution is 2.42. The Kier molecular flexibility index (Phi) is 11.4. The van der Waals surface area contributed by atoms with Crippen molar-refractivity contribution in [3.8, 4) is 62.1 Å². The lowest BCUT2D eigenvalue weighted by Crippen LogP contribution is -2.31. The summed E-state index contributed by atoms with van der Waals surface area (Å²) in [6, 6.07) is 52.9. The van der Waals surface area contributed by atoms with Crippen LogP contribution in [0.1, 0.15) is 124 Å². The summed E-state index contributed by atoms with van der Waals surface area (Å²) in [7, 11) is 0. The van der Waals surface area contributed by atoms with Gasteiger partial charge in [-0.25, -0.2) is 4.98 Å².